The molecule has 1 amide bonds. The van der Waals surface area contributed by atoms with Crippen LogP contribution in [0.3, 0.4) is 0 Å². The molecule has 1 aromatic carbocycles. The number of carbonyl (C=O) groups excluding carboxylic acids is 1. The van der Waals surface area contributed by atoms with Gasteiger partial charge in [-0.1, -0.05) is 30.3 Å². The first-order valence-corrected chi connectivity index (χ1v) is 10.6. The Balaban J connectivity index is 2.13. The molecule has 1 aliphatic rings. The number of ether oxygens (including phenoxy) is 1. The molecule has 1 heterocycles. The zero-order valence-corrected chi connectivity index (χ0v) is 17.6. The summed E-state index contributed by atoms with van der Waals surface area (Å²) in [5, 5.41) is -6.96. The van der Waals surface area contributed by atoms with Gasteiger partial charge < -0.3 is 13.8 Å². The van der Waals surface area contributed by atoms with E-state index in [0.717, 1.165) is 4.90 Å². The smallest absolute Gasteiger partial charge is 0.445 e. The first-order chi connectivity index (χ1) is 15.4. The molecule has 0 saturated heterocycles. The number of hydrogen-bond acceptors (Lipinski definition) is 5. The zero-order valence-electron chi connectivity index (χ0n) is 16.8. The molecule has 0 atom stereocenters. The largest absolute Gasteiger partial charge is 0.460 e. The minimum absolute atomic E-state index is 0.129. The van der Waals surface area contributed by atoms with E-state index >= 15 is 0 Å². The van der Waals surface area contributed by atoms with Crippen LogP contribution < -0.4 is 0 Å². The second-order valence-corrected chi connectivity index (χ2v) is 8.55. The van der Waals surface area contributed by atoms with Crippen LogP contribution in [0.25, 0.3) is 0 Å². The predicted molar refractivity (Wildman–Crippen MR) is 96.4 cm³/mol. The molecule has 0 bridgehead atoms. The Morgan fingerprint density at radius 1 is 0.941 bits per heavy atom. The van der Waals surface area contributed by atoms with Crippen LogP contribution in [0.2, 0.25) is 0 Å². The average molecular weight is 529 g/mol. The molecule has 0 spiro atoms. The quantitative estimate of drug-likeness (QED) is 0.364. The molecule has 0 aliphatic carbocycles. The number of nitrogens with zero attached hydrogens (tertiary/aromatic N) is 1. The summed E-state index contributed by atoms with van der Waals surface area (Å²) < 4.78 is 149. The van der Waals surface area contributed by atoms with Gasteiger partial charge in [0.05, 0.1) is 0 Å². The van der Waals surface area contributed by atoms with Crippen LogP contribution in [-0.4, -0.2) is 55.8 Å². The fourth-order valence-electron chi connectivity index (χ4n) is 2.61. The molecule has 1 aromatic rings. The van der Waals surface area contributed by atoms with Gasteiger partial charge in [-0.25, -0.2) is 4.79 Å². The summed E-state index contributed by atoms with van der Waals surface area (Å²) in [7, 11) is -7.03. The van der Waals surface area contributed by atoms with Crippen molar-refractivity contribution in [3.05, 3.63) is 47.7 Å². The lowest BCUT2D eigenvalue weighted by Crippen LogP contribution is -2.63. The van der Waals surface area contributed by atoms with Crippen molar-refractivity contribution in [2.45, 2.75) is 42.7 Å². The number of alkyl halides is 9. The SMILES string of the molecule is O=C(OCc1ccccc1)N1CC=C(OS(=O)(=O)C(F)(F)C(F)(F)C(F)(F)C(F)(F)F)CCC1. The highest BCUT2D eigenvalue weighted by Crippen LogP contribution is 2.55. The van der Waals surface area contributed by atoms with E-state index in [1.165, 1.54) is 0 Å². The van der Waals surface area contributed by atoms with E-state index in [9.17, 15) is 52.7 Å². The number of carbonyl (C=O) groups is 1. The van der Waals surface area contributed by atoms with Gasteiger partial charge in [0.1, 0.15) is 12.4 Å². The van der Waals surface area contributed by atoms with Crippen molar-refractivity contribution in [2.75, 3.05) is 13.1 Å². The lowest BCUT2D eigenvalue weighted by molar-refractivity contribution is -0.382. The average Bonchev–Trinajstić information content (AvgIpc) is 2.96. The van der Waals surface area contributed by atoms with Crippen LogP contribution in [0.15, 0.2) is 42.2 Å². The third-order valence-electron chi connectivity index (χ3n) is 4.50. The first-order valence-electron chi connectivity index (χ1n) is 9.23. The molecule has 0 N–H and O–H groups in total. The lowest BCUT2D eigenvalue weighted by atomic mass is 10.1. The van der Waals surface area contributed by atoms with Crippen LogP contribution >= 0.6 is 0 Å². The first kappa shape index (κ1) is 27.6. The molecule has 34 heavy (non-hydrogen) atoms. The monoisotopic (exact) mass is 529 g/mol. The third-order valence-corrected chi connectivity index (χ3v) is 5.82. The van der Waals surface area contributed by atoms with Crippen LogP contribution in [0.5, 0.6) is 0 Å². The van der Waals surface area contributed by atoms with E-state index in [-0.39, 0.29) is 19.6 Å². The van der Waals surface area contributed by atoms with Crippen molar-refractivity contribution in [3.63, 3.8) is 0 Å². The molecule has 6 nitrogen and oxygen atoms in total. The van der Waals surface area contributed by atoms with Crippen LogP contribution in [0, 0.1) is 0 Å². The Morgan fingerprint density at radius 2 is 1.53 bits per heavy atom. The van der Waals surface area contributed by atoms with Crippen molar-refractivity contribution in [1.29, 1.82) is 0 Å². The zero-order chi connectivity index (χ0) is 26.0. The highest BCUT2D eigenvalue weighted by Gasteiger charge is 2.86. The van der Waals surface area contributed by atoms with E-state index in [2.05, 4.69) is 4.18 Å². The Hall–Kier alpha value is -2.65. The van der Waals surface area contributed by atoms with E-state index in [0.29, 0.717) is 11.6 Å². The Morgan fingerprint density at radius 3 is 2.09 bits per heavy atom. The summed E-state index contributed by atoms with van der Waals surface area (Å²) in [4.78, 5) is 13.1. The van der Waals surface area contributed by atoms with Crippen molar-refractivity contribution in [3.8, 4) is 0 Å². The molecule has 1 aliphatic heterocycles. The molecule has 0 radical (unpaired) electrons. The van der Waals surface area contributed by atoms with E-state index < -0.39 is 58.2 Å². The summed E-state index contributed by atoms with van der Waals surface area (Å²) >= 11 is 0. The maximum absolute atomic E-state index is 13.8. The van der Waals surface area contributed by atoms with Gasteiger partial charge in [0.25, 0.3) is 0 Å². The standard InChI is InChI=1S/C18H16F9NO5S/c19-15(20,17(23,24)25)16(21,22)18(26,27)34(30,31)33-13-7-4-9-28(10-8-13)14(29)32-11-12-5-2-1-3-6-12/h1-3,5-6,8H,4,7,9-11H2. The van der Waals surface area contributed by atoms with E-state index in [1.54, 1.807) is 30.3 Å². The van der Waals surface area contributed by atoms with Crippen LogP contribution in [0.1, 0.15) is 18.4 Å². The van der Waals surface area contributed by atoms with Crippen LogP contribution in [0.4, 0.5) is 44.3 Å². The van der Waals surface area contributed by atoms with Crippen molar-refractivity contribution in [1.82, 2.24) is 4.90 Å². The van der Waals surface area contributed by atoms with Gasteiger partial charge in [0.15, 0.2) is 0 Å². The van der Waals surface area contributed by atoms with Gasteiger partial charge in [-0.3, -0.25) is 0 Å². The maximum atomic E-state index is 13.8. The molecule has 2 rings (SSSR count). The maximum Gasteiger partial charge on any atom is 0.460 e. The van der Waals surface area contributed by atoms with Gasteiger partial charge in [0, 0.05) is 19.5 Å². The summed E-state index contributed by atoms with van der Waals surface area (Å²) in [5.41, 5.74) is 0.621. The summed E-state index contributed by atoms with van der Waals surface area (Å²) in [6, 6.07) is 8.34. The number of rotatable bonds is 7. The fraction of sp³-hybridized carbons (Fsp3) is 0.500. The van der Waals surface area contributed by atoms with Crippen molar-refractivity contribution >= 4 is 16.2 Å². The summed E-state index contributed by atoms with van der Waals surface area (Å²) in [6.45, 7) is -0.790. The normalized spacial score (nSPS) is 16.5. The minimum Gasteiger partial charge on any atom is -0.445 e. The van der Waals surface area contributed by atoms with Gasteiger partial charge in [0.2, 0.25) is 0 Å². The molecule has 192 valence electrons. The Kier molecular flexibility index (Phi) is 7.74. The number of allylic oxidation sites excluding steroid dienone is 1. The number of benzene rings is 1. The van der Waals surface area contributed by atoms with Gasteiger partial charge in [-0.15, -0.1) is 0 Å². The summed E-state index contributed by atoms with van der Waals surface area (Å²) in [6.07, 6.45) is -8.10. The summed E-state index contributed by atoms with van der Waals surface area (Å²) in [5.74, 6) is -15.7. The molecular weight excluding hydrogens is 513 g/mol. The topological polar surface area (TPSA) is 72.9 Å². The van der Waals surface area contributed by atoms with Gasteiger partial charge in [-0.05, 0) is 18.1 Å². The molecule has 0 unspecified atom stereocenters. The van der Waals surface area contributed by atoms with E-state index in [1.807, 2.05) is 0 Å². The van der Waals surface area contributed by atoms with Crippen molar-refractivity contribution in [2.24, 2.45) is 0 Å². The number of amides is 1. The van der Waals surface area contributed by atoms with Gasteiger partial charge in [-0.2, -0.15) is 47.9 Å². The lowest BCUT2D eigenvalue weighted by Gasteiger charge is -2.32. The predicted octanol–water partition coefficient (Wildman–Crippen LogP) is 5.08. The molecule has 0 aromatic heterocycles. The second-order valence-electron chi connectivity index (χ2n) is 6.96. The van der Waals surface area contributed by atoms with Gasteiger partial charge >= 0.3 is 39.5 Å². The molecule has 16 heteroatoms. The minimum atomic E-state index is -7.39. The van der Waals surface area contributed by atoms with Crippen LogP contribution in [-0.2, 0) is 25.6 Å². The fourth-order valence-corrected chi connectivity index (χ4v) is 3.59. The number of hydrogen-bond donors (Lipinski definition) is 0. The Labute approximate surface area is 187 Å². The number of halogens is 9. The molecular formula is C18H16F9NO5S. The molecule has 0 fully saturated rings. The second kappa shape index (κ2) is 9.54. The van der Waals surface area contributed by atoms with Crippen molar-refractivity contribution < 1.29 is 61.6 Å². The Bertz CT molecular complexity index is 1010. The highest BCUT2D eigenvalue weighted by molar-refractivity contribution is 7.88. The third kappa shape index (κ3) is 5.36. The molecule has 0 saturated carbocycles. The van der Waals surface area contributed by atoms with E-state index in [4.69, 9.17) is 4.74 Å². The highest BCUT2D eigenvalue weighted by atomic mass is 32.2.